The van der Waals surface area contributed by atoms with Crippen molar-refractivity contribution in [3.8, 4) is 0 Å². The molecule has 0 amide bonds. The lowest BCUT2D eigenvalue weighted by atomic mass is 9.97. The molecule has 0 saturated heterocycles. The van der Waals surface area contributed by atoms with Crippen molar-refractivity contribution in [1.29, 1.82) is 0 Å². The minimum Gasteiger partial charge on any atom is -0.441 e. The fourth-order valence-electron chi connectivity index (χ4n) is 3.25. The van der Waals surface area contributed by atoms with E-state index in [4.69, 9.17) is 8.83 Å². The number of nitrogens with zero attached hydrogens (tertiary/aromatic N) is 2. The van der Waals surface area contributed by atoms with Gasteiger partial charge in [0.25, 0.3) is 0 Å². The van der Waals surface area contributed by atoms with Gasteiger partial charge in [-0.25, -0.2) is 9.97 Å². The molecule has 0 radical (unpaired) electrons. The van der Waals surface area contributed by atoms with E-state index in [1.165, 1.54) is 23.3 Å². The molecule has 0 spiro atoms. The second-order valence-electron chi connectivity index (χ2n) is 9.81. The standard InChI is InChI=1S/C12H15NO.C9H9NO.C8H7F3/c1-8-5-6-10-9(7-8)13-11(14-10)12(2,3)4;1-6-3-4-9-8(5-6)10-7(2)11-9;1-6-2-4-7(5-3-6)8(9,10)11/h5-7H,1-4H3;3-5H,1-2H3;2-5H,1H3. The summed E-state index contributed by atoms with van der Waals surface area (Å²) in [5, 5.41) is 0. The van der Waals surface area contributed by atoms with Crippen LogP contribution in [-0.2, 0) is 11.6 Å². The van der Waals surface area contributed by atoms with Crippen LogP contribution in [0.5, 0.6) is 0 Å². The van der Waals surface area contributed by atoms with E-state index in [2.05, 4.69) is 37.7 Å². The number of aryl methyl sites for hydroxylation is 4. The highest BCUT2D eigenvalue weighted by Crippen LogP contribution is 2.29. The van der Waals surface area contributed by atoms with E-state index in [9.17, 15) is 13.2 Å². The van der Waals surface area contributed by atoms with Gasteiger partial charge in [0, 0.05) is 12.3 Å². The first-order valence-corrected chi connectivity index (χ1v) is 11.6. The van der Waals surface area contributed by atoms with Gasteiger partial charge in [0.05, 0.1) is 5.56 Å². The zero-order valence-corrected chi connectivity index (χ0v) is 21.6. The van der Waals surface area contributed by atoms with E-state index in [1.807, 2.05) is 50.2 Å². The molecule has 0 aliphatic carbocycles. The number of halogens is 3. The zero-order chi connectivity index (χ0) is 26.7. The van der Waals surface area contributed by atoms with E-state index in [0.717, 1.165) is 51.7 Å². The summed E-state index contributed by atoms with van der Waals surface area (Å²) in [6, 6.07) is 17.1. The van der Waals surface area contributed by atoms with E-state index in [-0.39, 0.29) is 5.41 Å². The van der Waals surface area contributed by atoms with Crippen molar-refractivity contribution in [2.24, 2.45) is 0 Å². The van der Waals surface area contributed by atoms with Crippen LogP contribution in [-0.4, -0.2) is 9.97 Å². The van der Waals surface area contributed by atoms with Crippen LogP contribution in [0.3, 0.4) is 0 Å². The van der Waals surface area contributed by atoms with E-state index in [1.54, 1.807) is 6.92 Å². The van der Waals surface area contributed by atoms with Crippen molar-refractivity contribution >= 4 is 22.2 Å². The molecule has 5 aromatic rings. The fourth-order valence-corrected chi connectivity index (χ4v) is 3.25. The lowest BCUT2D eigenvalue weighted by molar-refractivity contribution is -0.137. The summed E-state index contributed by atoms with van der Waals surface area (Å²) in [4.78, 5) is 8.69. The average molecular weight is 497 g/mol. The van der Waals surface area contributed by atoms with Gasteiger partial charge in [0.2, 0.25) is 5.89 Å². The van der Waals surface area contributed by atoms with Crippen LogP contribution in [0, 0.1) is 27.7 Å². The first-order chi connectivity index (χ1) is 16.7. The Hall–Kier alpha value is -3.61. The molecule has 0 aliphatic heterocycles. The van der Waals surface area contributed by atoms with Gasteiger partial charge in [0.15, 0.2) is 17.1 Å². The molecule has 3 aromatic carbocycles. The van der Waals surface area contributed by atoms with Crippen LogP contribution in [0.15, 0.2) is 69.5 Å². The summed E-state index contributed by atoms with van der Waals surface area (Å²) in [7, 11) is 0. The minimum absolute atomic E-state index is 0.0209. The molecular formula is C29H31F3N2O2. The SMILES string of the molecule is Cc1ccc(C(F)(F)F)cc1.Cc1ccc2oc(C(C)(C)C)nc2c1.Cc1ccc2oc(C)nc2c1. The Bertz CT molecular complexity index is 1440. The van der Waals surface area contributed by atoms with Crippen LogP contribution in [0.2, 0.25) is 0 Å². The first kappa shape index (κ1) is 27.0. The van der Waals surface area contributed by atoms with E-state index >= 15 is 0 Å². The summed E-state index contributed by atoms with van der Waals surface area (Å²) >= 11 is 0. The number of hydrogen-bond acceptors (Lipinski definition) is 4. The molecule has 0 saturated carbocycles. The summed E-state index contributed by atoms with van der Waals surface area (Å²) in [5.41, 5.74) is 6.29. The number of rotatable bonds is 0. The van der Waals surface area contributed by atoms with Crippen molar-refractivity contribution in [2.45, 2.75) is 60.1 Å². The number of fused-ring (bicyclic) bond motifs is 2. The quantitative estimate of drug-likeness (QED) is 0.215. The minimum atomic E-state index is -4.21. The molecule has 190 valence electrons. The maximum Gasteiger partial charge on any atom is 0.416 e. The van der Waals surface area contributed by atoms with Crippen LogP contribution in [0.25, 0.3) is 22.2 Å². The van der Waals surface area contributed by atoms with Crippen LogP contribution < -0.4 is 0 Å². The molecular weight excluding hydrogens is 465 g/mol. The number of oxazole rings is 2. The van der Waals surface area contributed by atoms with Gasteiger partial charge in [-0.2, -0.15) is 13.2 Å². The van der Waals surface area contributed by atoms with Crippen LogP contribution >= 0.6 is 0 Å². The molecule has 7 heteroatoms. The molecule has 36 heavy (non-hydrogen) atoms. The van der Waals surface area contributed by atoms with Crippen molar-refractivity contribution in [3.05, 3.63) is 94.7 Å². The Morgan fingerprint density at radius 2 is 1.08 bits per heavy atom. The summed E-state index contributed by atoms with van der Waals surface area (Å²) in [6.45, 7) is 14.0. The van der Waals surface area contributed by atoms with Gasteiger partial charge in [-0.1, -0.05) is 50.6 Å². The topological polar surface area (TPSA) is 52.1 Å². The van der Waals surface area contributed by atoms with Crippen LogP contribution in [0.1, 0.15) is 54.8 Å². The molecule has 0 atom stereocenters. The molecule has 0 aliphatic rings. The smallest absolute Gasteiger partial charge is 0.416 e. The van der Waals surface area contributed by atoms with Gasteiger partial charge in [0.1, 0.15) is 11.0 Å². The molecule has 5 rings (SSSR count). The highest BCUT2D eigenvalue weighted by atomic mass is 19.4. The summed E-state index contributed by atoms with van der Waals surface area (Å²) in [5.74, 6) is 1.53. The van der Waals surface area contributed by atoms with Crippen molar-refractivity contribution in [3.63, 3.8) is 0 Å². The Kier molecular flexibility index (Phi) is 7.92. The Morgan fingerprint density at radius 1 is 0.611 bits per heavy atom. The lowest BCUT2D eigenvalue weighted by Gasteiger charge is -2.11. The third-order valence-corrected chi connectivity index (χ3v) is 5.21. The average Bonchev–Trinajstić information content (AvgIpc) is 3.36. The number of alkyl halides is 3. The van der Waals surface area contributed by atoms with Crippen LogP contribution in [0.4, 0.5) is 13.2 Å². The third-order valence-electron chi connectivity index (χ3n) is 5.21. The van der Waals surface area contributed by atoms with Gasteiger partial charge in [-0.3, -0.25) is 0 Å². The Labute approximate surface area is 209 Å². The van der Waals surface area contributed by atoms with Gasteiger partial charge >= 0.3 is 6.18 Å². The zero-order valence-electron chi connectivity index (χ0n) is 21.6. The summed E-state index contributed by atoms with van der Waals surface area (Å²) < 4.78 is 46.7. The number of hydrogen-bond donors (Lipinski definition) is 0. The number of aromatic nitrogens is 2. The second kappa shape index (κ2) is 10.6. The van der Waals surface area contributed by atoms with E-state index < -0.39 is 11.7 Å². The predicted molar refractivity (Wildman–Crippen MR) is 137 cm³/mol. The highest BCUT2D eigenvalue weighted by Gasteiger charge is 2.29. The second-order valence-corrected chi connectivity index (χ2v) is 9.81. The fraction of sp³-hybridized carbons (Fsp3) is 0.310. The molecule has 2 aromatic heterocycles. The lowest BCUT2D eigenvalue weighted by Crippen LogP contribution is -2.10. The molecule has 4 nitrogen and oxygen atoms in total. The van der Waals surface area contributed by atoms with Gasteiger partial charge in [-0.05, 0) is 68.3 Å². The maximum atomic E-state index is 11.9. The molecule has 0 fully saturated rings. The highest BCUT2D eigenvalue weighted by molar-refractivity contribution is 5.74. The maximum absolute atomic E-state index is 11.9. The van der Waals surface area contributed by atoms with E-state index in [0.29, 0.717) is 0 Å². The van der Waals surface area contributed by atoms with Crippen molar-refractivity contribution in [2.75, 3.05) is 0 Å². The summed E-state index contributed by atoms with van der Waals surface area (Å²) in [6.07, 6.45) is -4.21. The Balaban J connectivity index is 0.000000152. The molecule has 0 N–H and O–H groups in total. The molecule has 0 bridgehead atoms. The normalized spacial score (nSPS) is 11.6. The van der Waals surface area contributed by atoms with Crippen molar-refractivity contribution < 1.29 is 22.0 Å². The number of benzene rings is 3. The molecule has 0 unspecified atom stereocenters. The molecule has 2 heterocycles. The first-order valence-electron chi connectivity index (χ1n) is 11.6. The monoisotopic (exact) mass is 496 g/mol. The Morgan fingerprint density at radius 3 is 1.58 bits per heavy atom. The van der Waals surface area contributed by atoms with Gasteiger partial charge < -0.3 is 8.83 Å². The van der Waals surface area contributed by atoms with Crippen molar-refractivity contribution in [1.82, 2.24) is 9.97 Å². The predicted octanol–water partition coefficient (Wildman–Crippen LogP) is 8.89. The largest absolute Gasteiger partial charge is 0.441 e. The third kappa shape index (κ3) is 7.20. The van der Waals surface area contributed by atoms with Gasteiger partial charge in [-0.15, -0.1) is 0 Å².